The molecule has 1 amide bonds. The number of hydrogen-bond acceptors (Lipinski definition) is 6. The molecule has 0 spiro atoms. The maximum absolute atomic E-state index is 13.5. The number of aliphatic hydroxyl groups is 1. The Labute approximate surface area is 257 Å². The van der Waals surface area contributed by atoms with Crippen molar-refractivity contribution < 1.29 is 19.7 Å². The second-order valence-corrected chi connectivity index (χ2v) is 11.0. The molecule has 1 aliphatic rings. The first-order valence-electron chi connectivity index (χ1n) is 14.9. The number of rotatable bonds is 11. The van der Waals surface area contributed by atoms with Gasteiger partial charge in [0.15, 0.2) is 0 Å². The second-order valence-electron chi connectivity index (χ2n) is 11.0. The van der Waals surface area contributed by atoms with E-state index >= 15 is 0 Å². The van der Waals surface area contributed by atoms with E-state index in [0.717, 1.165) is 29.8 Å². The van der Waals surface area contributed by atoms with Gasteiger partial charge in [0, 0.05) is 43.9 Å². The first-order chi connectivity index (χ1) is 21.6. The third-order valence-corrected chi connectivity index (χ3v) is 8.08. The Morgan fingerprint density at radius 3 is 2.50 bits per heavy atom. The number of benzene rings is 4. The summed E-state index contributed by atoms with van der Waals surface area (Å²) in [6.07, 6.45) is 4.87. The summed E-state index contributed by atoms with van der Waals surface area (Å²) in [7, 11) is 0. The molecule has 0 saturated heterocycles. The number of carbonyl (C=O) groups excluding carboxylic acids is 1. The van der Waals surface area contributed by atoms with Gasteiger partial charge in [-0.2, -0.15) is 0 Å². The van der Waals surface area contributed by atoms with E-state index in [2.05, 4.69) is 68.7 Å². The summed E-state index contributed by atoms with van der Waals surface area (Å²) in [5.41, 5.74) is 6.86. The molecule has 2 unspecified atom stereocenters. The zero-order valence-corrected chi connectivity index (χ0v) is 24.4. The molecule has 0 radical (unpaired) electrons. The number of nitrogens with one attached hydrogen (secondary N) is 2. The van der Waals surface area contributed by atoms with Gasteiger partial charge in [0.1, 0.15) is 11.5 Å². The smallest absolute Gasteiger partial charge is 0.255 e. The number of carbonyl (C=O) groups is 1. The summed E-state index contributed by atoms with van der Waals surface area (Å²) < 4.78 is 8.20. The van der Waals surface area contributed by atoms with E-state index < -0.39 is 6.04 Å². The van der Waals surface area contributed by atoms with Crippen molar-refractivity contribution in [2.45, 2.75) is 38.0 Å². The summed E-state index contributed by atoms with van der Waals surface area (Å²) in [5, 5.41) is 26.0. The Hall–Kier alpha value is -4.92. The van der Waals surface area contributed by atoms with Gasteiger partial charge in [-0.05, 0) is 46.9 Å². The highest BCUT2D eigenvalue weighted by molar-refractivity contribution is 5.97. The number of nitrogens with zero attached hydrogens (tertiary/aromatic N) is 2. The number of para-hydroxylation sites is 1. The van der Waals surface area contributed by atoms with E-state index in [1.807, 2.05) is 30.7 Å². The summed E-state index contributed by atoms with van der Waals surface area (Å²) in [4.78, 5) is 17.9. The van der Waals surface area contributed by atoms with Crippen molar-refractivity contribution >= 4 is 5.91 Å². The largest absolute Gasteiger partial charge is 0.508 e. The van der Waals surface area contributed by atoms with Crippen LogP contribution in [0.2, 0.25) is 0 Å². The third-order valence-electron chi connectivity index (χ3n) is 8.08. The zero-order chi connectivity index (χ0) is 30.3. The summed E-state index contributed by atoms with van der Waals surface area (Å²) in [6, 6.07) is 30.9. The van der Waals surface area contributed by atoms with Crippen LogP contribution < -0.4 is 15.4 Å². The number of ether oxygens (including phenoxy) is 1. The first-order valence-corrected chi connectivity index (χ1v) is 14.9. The molecule has 2 atom stereocenters. The van der Waals surface area contributed by atoms with E-state index in [1.165, 1.54) is 16.7 Å². The van der Waals surface area contributed by atoms with E-state index in [-0.39, 0.29) is 24.3 Å². The summed E-state index contributed by atoms with van der Waals surface area (Å²) in [6.45, 7) is 1.73. The fraction of sp³-hybridized carbons (Fsp3) is 0.222. The van der Waals surface area contributed by atoms with Crippen molar-refractivity contribution in [2.24, 2.45) is 0 Å². The van der Waals surface area contributed by atoms with Crippen LogP contribution in [0, 0.1) is 0 Å². The van der Waals surface area contributed by atoms with E-state index in [9.17, 15) is 15.0 Å². The quantitative estimate of drug-likeness (QED) is 0.156. The Morgan fingerprint density at radius 1 is 0.955 bits per heavy atom. The predicted octanol–water partition coefficient (Wildman–Crippen LogP) is 5.77. The molecule has 8 heteroatoms. The van der Waals surface area contributed by atoms with Crippen LogP contribution in [0.15, 0.2) is 110 Å². The number of aromatic nitrogens is 2. The number of imidazole rings is 1. The van der Waals surface area contributed by atoms with Crippen LogP contribution in [0.5, 0.6) is 11.5 Å². The van der Waals surface area contributed by atoms with Crippen LogP contribution in [0.3, 0.4) is 0 Å². The van der Waals surface area contributed by atoms with Gasteiger partial charge in [-0.15, -0.1) is 0 Å². The number of phenolic OH excluding ortho intramolecular Hbond substituents is 1. The first kappa shape index (κ1) is 29.2. The van der Waals surface area contributed by atoms with Gasteiger partial charge in [0.25, 0.3) is 5.91 Å². The molecule has 2 heterocycles. The van der Waals surface area contributed by atoms with Crippen molar-refractivity contribution in [3.63, 3.8) is 0 Å². The lowest BCUT2D eigenvalue weighted by atomic mass is 9.96. The molecule has 5 aromatic rings. The van der Waals surface area contributed by atoms with Gasteiger partial charge in [0.05, 0.1) is 30.2 Å². The number of aromatic hydroxyl groups is 1. The Morgan fingerprint density at radius 2 is 1.73 bits per heavy atom. The number of aliphatic hydroxyl groups excluding tert-OH is 1. The number of fused-ring (bicyclic) bond motifs is 1. The second kappa shape index (κ2) is 13.6. The fourth-order valence-corrected chi connectivity index (χ4v) is 5.70. The molecule has 44 heavy (non-hydrogen) atoms. The maximum Gasteiger partial charge on any atom is 0.255 e. The molecule has 0 bridgehead atoms. The van der Waals surface area contributed by atoms with Crippen LogP contribution in [0.4, 0.5) is 0 Å². The van der Waals surface area contributed by atoms with Crippen molar-refractivity contribution in [2.75, 3.05) is 13.2 Å². The number of hydrogen-bond donors (Lipinski definition) is 4. The average molecular weight is 589 g/mol. The van der Waals surface area contributed by atoms with E-state index in [0.29, 0.717) is 30.9 Å². The fourth-order valence-electron chi connectivity index (χ4n) is 5.70. The molecule has 8 nitrogen and oxygen atoms in total. The highest BCUT2D eigenvalue weighted by Gasteiger charge is 2.27. The highest BCUT2D eigenvalue weighted by Crippen LogP contribution is 2.35. The molecule has 6 rings (SSSR count). The zero-order valence-electron chi connectivity index (χ0n) is 24.4. The van der Waals surface area contributed by atoms with E-state index in [4.69, 9.17) is 4.74 Å². The minimum Gasteiger partial charge on any atom is -0.508 e. The van der Waals surface area contributed by atoms with Crippen LogP contribution in [0.25, 0.3) is 11.1 Å². The summed E-state index contributed by atoms with van der Waals surface area (Å²) >= 11 is 0. The Bertz CT molecular complexity index is 1680. The molecule has 0 fully saturated rings. The Kier molecular flexibility index (Phi) is 9.01. The van der Waals surface area contributed by atoms with Crippen molar-refractivity contribution in [1.29, 1.82) is 0 Å². The van der Waals surface area contributed by atoms with Gasteiger partial charge in [-0.25, -0.2) is 4.98 Å². The molecule has 1 aliphatic heterocycles. The molecule has 0 saturated carbocycles. The number of amides is 1. The van der Waals surface area contributed by atoms with Gasteiger partial charge in [-0.3, -0.25) is 4.79 Å². The van der Waals surface area contributed by atoms with Crippen LogP contribution in [-0.4, -0.2) is 38.9 Å². The lowest BCUT2D eigenvalue weighted by Crippen LogP contribution is -2.32. The minimum absolute atomic E-state index is 0.00495. The van der Waals surface area contributed by atoms with Crippen LogP contribution in [-0.2, 0) is 13.1 Å². The van der Waals surface area contributed by atoms with Gasteiger partial charge < -0.3 is 30.2 Å². The molecular formula is C36H36N4O4. The Balaban J connectivity index is 1.13. The predicted molar refractivity (Wildman–Crippen MR) is 169 cm³/mol. The highest BCUT2D eigenvalue weighted by atomic mass is 16.5. The van der Waals surface area contributed by atoms with Crippen molar-refractivity contribution in [3.05, 3.63) is 138 Å². The lowest BCUT2D eigenvalue weighted by molar-refractivity contribution is 0.0924. The molecule has 1 aromatic heterocycles. The monoisotopic (exact) mass is 588 g/mol. The number of phenols is 1. The molecule has 4 N–H and O–H groups in total. The normalized spacial score (nSPS) is 14.8. The average Bonchev–Trinajstić information content (AvgIpc) is 3.51. The van der Waals surface area contributed by atoms with Crippen LogP contribution in [0.1, 0.15) is 57.7 Å². The van der Waals surface area contributed by atoms with Crippen molar-refractivity contribution in [1.82, 2.24) is 20.2 Å². The van der Waals surface area contributed by atoms with Crippen molar-refractivity contribution in [3.8, 4) is 22.6 Å². The summed E-state index contributed by atoms with van der Waals surface area (Å²) in [5.74, 6) is 0.451. The lowest BCUT2D eigenvalue weighted by Gasteiger charge is -2.29. The third kappa shape index (κ3) is 6.67. The molecule has 4 aromatic carbocycles. The van der Waals surface area contributed by atoms with Gasteiger partial charge >= 0.3 is 0 Å². The molecular weight excluding hydrogens is 552 g/mol. The topological polar surface area (TPSA) is 109 Å². The van der Waals surface area contributed by atoms with Gasteiger partial charge in [0.2, 0.25) is 0 Å². The van der Waals surface area contributed by atoms with Crippen LogP contribution >= 0.6 is 0 Å². The standard InChI is InChI=1S/C36H36N4O4/c41-19-17-33(28-13-15-30(42)16-14-28)39-36(43)32-8-4-7-31-34(18-20-44-35(31)32)38-22-29-21-37-24-40(29)23-25-9-11-27(12-10-25)26-5-2-1-3-6-26/h1-16,21,24,33-34,38,41-42H,17-20,22-23H2,(H,39,43). The SMILES string of the molecule is O=C(NC(CCO)c1ccc(O)cc1)c1cccc2c1OCCC2NCc1cncn1Cc1ccc(-c2ccccc2)cc1. The van der Waals surface area contributed by atoms with E-state index in [1.54, 1.807) is 30.3 Å². The van der Waals surface area contributed by atoms with Gasteiger partial charge in [-0.1, -0.05) is 78.9 Å². The maximum atomic E-state index is 13.5. The molecule has 224 valence electrons. The minimum atomic E-state index is -0.406. The molecule has 0 aliphatic carbocycles.